The number of rotatable bonds is 7. The number of fused-ring (bicyclic) bond motifs is 4. The highest BCUT2D eigenvalue weighted by atomic mass is 16.3. The van der Waals surface area contributed by atoms with Gasteiger partial charge >= 0.3 is 0 Å². The van der Waals surface area contributed by atoms with Crippen LogP contribution in [0.4, 0.5) is 0 Å². The van der Waals surface area contributed by atoms with Crippen molar-refractivity contribution in [2.45, 2.75) is 81.6 Å². The molecular formula is C37H43N5O. The number of likely N-dealkylation sites (tertiary alicyclic amines) is 1. The first-order valence-corrected chi connectivity index (χ1v) is 16.3. The van der Waals surface area contributed by atoms with Crippen LogP contribution in [0.15, 0.2) is 85.1 Å². The Morgan fingerprint density at radius 2 is 1.65 bits per heavy atom. The zero-order valence-electron chi connectivity index (χ0n) is 25.2. The van der Waals surface area contributed by atoms with E-state index in [1.807, 2.05) is 6.20 Å². The number of aromatic amines is 1. The molecule has 2 aromatic heterocycles. The minimum Gasteiger partial charge on any atom is -0.374 e. The molecule has 3 aliphatic heterocycles. The highest BCUT2D eigenvalue weighted by Gasteiger charge is 2.44. The van der Waals surface area contributed by atoms with E-state index in [-0.39, 0.29) is 5.41 Å². The summed E-state index contributed by atoms with van der Waals surface area (Å²) in [7, 11) is 0. The van der Waals surface area contributed by atoms with E-state index in [2.05, 4.69) is 105 Å². The molecule has 3 aliphatic rings. The molecule has 2 unspecified atom stereocenters. The Hall–Kier alpha value is -3.45. The zero-order valence-corrected chi connectivity index (χ0v) is 25.2. The molecule has 2 bridgehead atoms. The maximum absolute atomic E-state index is 11.4. The van der Waals surface area contributed by atoms with E-state index in [1.165, 1.54) is 48.6 Å². The molecule has 8 rings (SSSR count). The van der Waals surface area contributed by atoms with Crippen LogP contribution in [-0.2, 0) is 5.41 Å². The van der Waals surface area contributed by atoms with E-state index >= 15 is 0 Å². The molecular weight excluding hydrogens is 530 g/mol. The van der Waals surface area contributed by atoms with Gasteiger partial charge in [0.2, 0.25) is 0 Å². The van der Waals surface area contributed by atoms with Gasteiger partial charge in [-0.2, -0.15) is 0 Å². The molecule has 6 heteroatoms. The van der Waals surface area contributed by atoms with Crippen LogP contribution in [0.2, 0.25) is 0 Å². The third kappa shape index (κ3) is 4.80. The van der Waals surface area contributed by atoms with Crippen LogP contribution in [0.3, 0.4) is 0 Å². The van der Waals surface area contributed by atoms with Crippen molar-refractivity contribution in [3.05, 3.63) is 102 Å². The minimum absolute atomic E-state index is 0.147. The van der Waals surface area contributed by atoms with Crippen LogP contribution in [0.25, 0.3) is 21.9 Å². The second-order valence-electron chi connectivity index (χ2n) is 13.4. The number of aryl methyl sites for hydroxylation is 1. The number of hydrogen-bond donors (Lipinski definition) is 2. The third-order valence-corrected chi connectivity index (χ3v) is 11.2. The Morgan fingerprint density at radius 3 is 2.44 bits per heavy atom. The summed E-state index contributed by atoms with van der Waals surface area (Å²) in [5.74, 6) is 1.16. The molecule has 6 nitrogen and oxygen atoms in total. The summed E-state index contributed by atoms with van der Waals surface area (Å²) < 4.78 is 2.54. The Kier molecular flexibility index (Phi) is 6.89. The largest absolute Gasteiger partial charge is 0.374 e. The lowest BCUT2D eigenvalue weighted by Crippen LogP contribution is -2.48. The number of aliphatic hydroxyl groups excluding tert-OH is 1. The number of imidazole rings is 1. The monoisotopic (exact) mass is 573 g/mol. The van der Waals surface area contributed by atoms with Gasteiger partial charge in [-0.3, -0.25) is 9.80 Å². The summed E-state index contributed by atoms with van der Waals surface area (Å²) in [6, 6.07) is 30.1. The molecule has 3 fully saturated rings. The lowest BCUT2D eigenvalue weighted by atomic mass is 9.70. The van der Waals surface area contributed by atoms with E-state index in [0.717, 1.165) is 54.9 Å². The molecule has 2 N–H and O–H groups in total. The summed E-state index contributed by atoms with van der Waals surface area (Å²) in [6.07, 6.45) is 9.80. The van der Waals surface area contributed by atoms with Crippen molar-refractivity contribution in [3.63, 3.8) is 0 Å². The number of benzene rings is 3. The fourth-order valence-electron chi connectivity index (χ4n) is 8.90. The quantitative estimate of drug-likeness (QED) is 0.218. The average molecular weight is 574 g/mol. The Balaban J connectivity index is 0.977. The van der Waals surface area contributed by atoms with Gasteiger partial charge < -0.3 is 14.7 Å². The molecule has 0 spiro atoms. The second-order valence-corrected chi connectivity index (χ2v) is 13.4. The van der Waals surface area contributed by atoms with Crippen LogP contribution in [-0.4, -0.2) is 61.2 Å². The SMILES string of the molecule is Cc1nc2ccccc2n1C1C[C@H]2CC[C@@H](C1)N2CCC1(c2ccccc2)CCN(C(O)c2ccc3cc[nH]c3c2)CC1. The van der Waals surface area contributed by atoms with Gasteiger partial charge in [-0.05, 0) is 105 Å². The van der Waals surface area contributed by atoms with Crippen LogP contribution in [0, 0.1) is 6.92 Å². The van der Waals surface area contributed by atoms with E-state index in [9.17, 15) is 5.11 Å². The van der Waals surface area contributed by atoms with Gasteiger partial charge in [-0.25, -0.2) is 4.98 Å². The molecule has 0 saturated carbocycles. The number of para-hydroxylation sites is 2. The van der Waals surface area contributed by atoms with Crippen molar-refractivity contribution >= 4 is 21.9 Å². The molecule has 222 valence electrons. The second kappa shape index (κ2) is 10.9. The molecule has 3 aromatic carbocycles. The molecule has 0 amide bonds. The van der Waals surface area contributed by atoms with Gasteiger partial charge in [-0.15, -0.1) is 0 Å². The van der Waals surface area contributed by atoms with Crippen LogP contribution < -0.4 is 0 Å². The molecule has 0 aliphatic carbocycles. The normalized spacial score (nSPS) is 25.0. The van der Waals surface area contributed by atoms with E-state index in [1.54, 1.807) is 0 Å². The van der Waals surface area contributed by atoms with Crippen LogP contribution in [0.5, 0.6) is 0 Å². The van der Waals surface area contributed by atoms with Gasteiger partial charge in [0, 0.05) is 42.9 Å². The van der Waals surface area contributed by atoms with Gasteiger partial charge in [0.05, 0.1) is 11.0 Å². The molecule has 4 atom stereocenters. The number of nitrogens with zero attached hydrogens (tertiary/aromatic N) is 4. The van der Waals surface area contributed by atoms with E-state index in [4.69, 9.17) is 4.98 Å². The smallest absolute Gasteiger partial charge is 0.133 e. The Bertz CT molecular complexity index is 1700. The highest BCUT2D eigenvalue weighted by Crippen LogP contribution is 2.45. The number of hydrogen-bond acceptors (Lipinski definition) is 4. The van der Waals surface area contributed by atoms with Gasteiger partial charge in [0.1, 0.15) is 12.1 Å². The number of nitrogens with one attached hydrogen (secondary N) is 1. The fraction of sp³-hybridized carbons (Fsp3) is 0.432. The maximum atomic E-state index is 11.4. The summed E-state index contributed by atoms with van der Waals surface area (Å²) in [4.78, 5) is 13.3. The van der Waals surface area contributed by atoms with Crippen molar-refractivity contribution < 1.29 is 5.11 Å². The average Bonchev–Trinajstić information content (AvgIpc) is 3.72. The van der Waals surface area contributed by atoms with Crippen molar-refractivity contribution in [2.75, 3.05) is 19.6 Å². The number of aromatic nitrogens is 3. The fourth-order valence-corrected chi connectivity index (χ4v) is 8.90. The highest BCUT2D eigenvalue weighted by molar-refractivity contribution is 5.80. The Morgan fingerprint density at radius 1 is 0.907 bits per heavy atom. The third-order valence-electron chi connectivity index (χ3n) is 11.2. The first kappa shape index (κ1) is 27.1. The molecule has 5 heterocycles. The van der Waals surface area contributed by atoms with Crippen molar-refractivity contribution in [1.82, 2.24) is 24.3 Å². The minimum atomic E-state index is -0.570. The first-order chi connectivity index (χ1) is 21.1. The van der Waals surface area contributed by atoms with Gasteiger partial charge in [-0.1, -0.05) is 54.6 Å². The van der Waals surface area contributed by atoms with Crippen molar-refractivity contribution in [2.24, 2.45) is 0 Å². The van der Waals surface area contributed by atoms with E-state index < -0.39 is 6.23 Å². The molecule has 0 radical (unpaired) electrons. The van der Waals surface area contributed by atoms with Crippen molar-refractivity contribution in [1.29, 1.82) is 0 Å². The van der Waals surface area contributed by atoms with Crippen LogP contribution >= 0.6 is 0 Å². The molecule has 5 aromatic rings. The summed E-state index contributed by atoms with van der Waals surface area (Å²) in [5, 5.41) is 12.6. The lowest BCUT2D eigenvalue weighted by Gasteiger charge is -2.46. The summed E-state index contributed by atoms with van der Waals surface area (Å²) >= 11 is 0. The Labute approximate surface area is 254 Å². The predicted molar refractivity (Wildman–Crippen MR) is 173 cm³/mol. The van der Waals surface area contributed by atoms with Crippen molar-refractivity contribution in [3.8, 4) is 0 Å². The standard InChI is InChI=1S/C37H43N5O/c1-26-39-33-9-5-6-10-35(33)42(26)32-24-30-13-14-31(25-32)41(30)22-18-37(29-7-3-2-4-8-29)16-20-40(21-17-37)36(43)28-12-11-27-15-19-38-34(27)23-28/h2-12,15,19,23,30-32,36,38,43H,13-14,16-18,20-22,24-25H2,1H3/t30-,31+,32?,36?. The molecule has 3 saturated heterocycles. The number of piperidine rings is 2. The number of H-pyrrole nitrogens is 1. The zero-order chi connectivity index (χ0) is 29.0. The molecule has 43 heavy (non-hydrogen) atoms. The van der Waals surface area contributed by atoms with Gasteiger partial charge in [0.15, 0.2) is 0 Å². The lowest BCUT2D eigenvalue weighted by molar-refractivity contribution is -0.0270. The first-order valence-electron chi connectivity index (χ1n) is 16.3. The number of aliphatic hydroxyl groups is 1. The van der Waals surface area contributed by atoms with Gasteiger partial charge in [0.25, 0.3) is 0 Å². The summed E-state index contributed by atoms with van der Waals surface area (Å²) in [6.45, 7) is 5.15. The maximum Gasteiger partial charge on any atom is 0.133 e. The topological polar surface area (TPSA) is 60.3 Å². The predicted octanol–water partition coefficient (Wildman–Crippen LogP) is 7.11. The van der Waals surface area contributed by atoms with E-state index in [0.29, 0.717) is 18.1 Å². The summed E-state index contributed by atoms with van der Waals surface area (Å²) in [5.41, 5.74) is 6.10. The van der Waals surface area contributed by atoms with Crippen LogP contribution in [0.1, 0.15) is 74.2 Å².